The van der Waals surface area contributed by atoms with Gasteiger partial charge in [-0.2, -0.15) is 0 Å². The third kappa shape index (κ3) is 4.09. The van der Waals surface area contributed by atoms with Gasteiger partial charge in [0.25, 0.3) is 0 Å². The number of rotatable bonds is 5. The van der Waals surface area contributed by atoms with Gasteiger partial charge in [0.05, 0.1) is 6.61 Å². The molecular formula is C15H24N2O. The summed E-state index contributed by atoms with van der Waals surface area (Å²) in [5.41, 5.74) is 1.40. The Kier molecular flexibility index (Phi) is 5.17. The molecule has 0 bridgehead atoms. The first kappa shape index (κ1) is 13.5. The van der Waals surface area contributed by atoms with Gasteiger partial charge in [-0.25, -0.2) is 0 Å². The topological polar surface area (TPSA) is 35.5 Å². The molecule has 0 spiro atoms. The van der Waals surface area contributed by atoms with E-state index < -0.39 is 0 Å². The zero-order valence-electron chi connectivity index (χ0n) is 11.2. The van der Waals surface area contributed by atoms with Crippen LogP contribution in [0.2, 0.25) is 0 Å². The molecule has 3 heteroatoms. The van der Waals surface area contributed by atoms with Crippen LogP contribution in [0.1, 0.15) is 25.3 Å². The lowest BCUT2D eigenvalue weighted by atomic mass is 10.0. The van der Waals surface area contributed by atoms with Crippen molar-refractivity contribution < 1.29 is 5.11 Å². The summed E-state index contributed by atoms with van der Waals surface area (Å²) in [6.45, 7) is 5.61. The van der Waals surface area contributed by atoms with Gasteiger partial charge in [-0.15, -0.1) is 0 Å². The van der Waals surface area contributed by atoms with Crippen molar-refractivity contribution in [3.05, 3.63) is 35.9 Å². The summed E-state index contributed by atoms with van der Waals surface area (Å²) < 4.78 is 0. The van der Waals surface area contributed by atoms with Crippen molar-refractivity contribution >= 4 is 0 Å². The quantitative estimate of drug-likeness (QED) is 0.831. The van der Waals surface area contributed by atoms with Crippen LogP contribution in [-0.4, -0.2) is 41.8 Å². The molecule has 2 N–H and O–H groups in total. The number of nitrogens with zero attached hydrogens (tertiary/aromatic N) is 1. The molecule has 1 fully saturated rings. The van der Waals surface area contributed by atoms with Gasteiger partial charge in [0.2, 0.25) is 0 Å². The van der Waals surface area contributed by atoms with Crippen molar-refractivity contribution in [2.75, 3.05) is 19.7 Å². The van der Waals surface area contributed by atoms with Crippen molar-refractivity contribution in [1.29, 1.82) is 0 Å². The Morgan fingerprint density at radius 3 is 2.56 bits per heavy atom. The molecule has 1 aliphatic heterocycles. The van der Waals surface area contributed by atoms with Gasteiger partial charge in [-0.3, -0.25) is 4.90 Å². The van der Waals surface area contributed by atoms with Gasteiger partial charge in [-0.1, -0.05) is 30.3 Å². The maximum Gasteiger partial charge on any atom is 0.0582 e. The molecule has 0 radical (unpaired) electrons. The van der Waals surface area contributed by atoms with E-state index >= 15 is 0 Å². The number of likely N-dealkylation sites (tertiary alicyclic amines) is 1. The van der Waals surface area contributed by atoms with Crippen LogP contribution < -0.4 is 5.32 Å². The average Bonchev–Trinajstić information content (AvgIpc) is 2.42. The van der Waals surface area contributed by atoms with E-state index in [0.29, 0.717) is 6.04 Å². The second-order valence-corrected chi connectivity index (χ2v) is 5.29. The van der Waals surface area contributed by atoms with Crippen molar-refractivity contribution in [3.8, 4) is 0 Å². The van der Waals surface area contributed by atoms with E-state index in [1.165, 1.54) is 18.4 Å². The minimum absolute atomic E-state index is 0.218. The summed E-state index contributed by atoms with van der Waals surface area (Å²) in [7, 11) is 0. The number of aliphatic hydroxyl groups is 1. The minimum atomic E-state index is 0.218. The lowest BCUT2D eigenvalue weighted by molar-refractivity contribution is 0.170. The summed E-state index contributed by atoms with van der Waals surface area (Å²) in [5.74, 6) is 0. The van der Waals surface area contributed by atoms with Crippen LogP contribution in [0.3, 0.4) is 0 Å². The highest BCUT2D eigenvalue weighted by Crippen LogP contribution is 2.14. The third-order valence-corrected chi connectivity index (χ3v) is 3.63. The molecule has 1 aromatic carbocycles. The third-order valence-electron chi connectivity index (χ3n) is 3.63. The van der Waals surface area contributed by atoms with E-state index in [1.807, 2.05) is 6.92 Å². The molecule has 1 aromatic rings. The molecule has 1 unspecified atom stereocenters. The number of nitrogens with one attached hydrogen (secondary N) is 1. The number of benzene rings is 1. The van der Waals surface area contributed by atoms with Crippen molar-refractivity contribution in [1.82, 2.24) is 10.2 Å². The standard InChI is InChI=1S/C15H24N2O/c1-13(12-18)16-15-7-9-17(10-8-15)11-14-5-3-2-4-6-14/h2-6,13,15-16,18H,7-12H2,1H3. The smallest absolute Gasteiger partial charge is 0.0582 e. The summed E-state index contributed by atoms with van der Waals surface area (Å²) >= 11 is 0. The van der Waals surface area contributed by atoms with Gasteiger partial charge in [0.15, 0.2) is 0 Å². The Bertz CT molecular complexity index is 334. The predicted octanol–water partition coefficient (Wildman–Crippen LogP) is 1.62. The molecule has 3 nitrogen and oxygen atoms in total. The molecule has 0 aliphatic carbocycles. The monoisotopic (exact) mass is 248 g/mol. The first-order valence-corrected chi connectivity index (χ1v) is 6.91. The Hall–Kier alpha value is -0.900. The lowest BCUT2D eigenvalue weighted by Gasteiger charge is -2.33. The fourth-order valence-electron chi connectivity index (χ4n) is 2.55. The van der Waals surface area contributed by atoms with Crippen LogP contribution >= 0.6 is 0 Å². The molecule has 1 aliphatic rings. The van der Waals surface area contributed by atoms with E-state index in [2.05, 4.69) is 40.5 Å². The van der Waals surface area contributed by atoms with Gasteiger partial charge in [-0.05, 0) is 38.4 Å². The molecule has 18 heavy (non-hydrogen) atoms. The normalized spacial score (nSPS) is 19.9. The Balaban J connectivity index is 1.73. The highest BCUT2D eigenvalue weighted by molar-refractivity contribution is 5.14. The number of aliphatic hydroxyl groups excluding tert-OH is 1. The first-order chi connectivity index (χ1) is 8.78. The molecular weight excluding hydrogens is 224 g/mol. The maximum absolute atomic E-state index is 9.04. The summed E-state index contributed by atoms with van der Waals surface area (Å²) in [6, 6.07) is 11.4. The maximum atomic E-state index is 9.04. The van der Waals surface area contributed by atoms with Gasteiger partial charge >= 0.3 is 0 Å². The fraction of sp³-hybridized carbons (Fsp3) is 0.600. The highest BCUT2D eigenvalue weighted by Gasteiger charge is 2.19. The lowest BCUT2D eigenvalue weighted by Crippen LogP contribution is -2.46. The molecule has 0 amide bonds. The van der Waals surface area contributed by atoms with Crippen LogP contribution in [0, 0.1) is 0 Å². The van der Waals surface area contributed by atoms with E-state index in [1.54, 1.807) is 0 Å². The van der Waals surface area contributed by atoms with Gasteiger partial charge < -0.3 is 10.4 Å². The van der Waals surface area contributed by atoms with Crippen molar-refractivity contribution in [2.24, 2.45) is 0 Å². The molecule has 1 heterocycles. The molecule has 0 saturated carbocycles. The van der Waals surface area contributed by atoms with Crippen LogP contribution in [0.5, 0.6) is 0 Å². The van der Waals surface area contributed by atoms with Crippen molar-refractivity contribution in [2.45, 2.75) is 38.4 Å². The van der Waals surface area contributed by atoms with E-state index in [9.17, 15) is 0 Å². The van der Waals surface area contributed by atoms with Crippen LogP contribution in [0.25, 0.3) is 0 Å². The molecule has 2 rings (SSSR count). The molecule has 100 valence electrons. The average molecular weight is 248 g/mol. The first-order valence-electron chi connectivity index (χ1n) is 6.91. The summed E-state index contributed by atoms with van der Waals surface area (Å²) in [6.07, 6.45) is 2.36. The van der Waals surface area contributed by atoms with E-state index in [-0.39, 0.29) is 12.6 Å². The second kappa shape index (κ2) is 6.88. The molecule has 0 aromatic heterocycles. The zero-order valence-corrected chi connectivity index (χ0v) is 11.2. The van der Waals surface area contributed by atoms with E-state index in [0.717, 1.165) is 19.6 Å². The number of hydrogen-bond donors (Lipinski definition) is 2. The summed E-state index contributed by atoms with van der Waals surface area (Å²) in [4.78, 5) is 2.51. The van der Waals surface area contributed by atoms with Crippen molar-refractivity contribution in [3.63, 3.8) is 0 Å². The second-order valence-electron chi connectivity index (χ2n) is 5.29. The van der Waals surface area contributed by atoms with Gasteiger partial charge in [0.1, 0.15) is 0 Å². The summed E-state index contributed by atoms with van der Waals surface area (Å²) in [5, 5.41) is 12.5. The van der Waals surface area contributed by atoms with E-state index in [4.69, 9.17) is 5.11 Å². The van der Waals surface area contributed by atoms with Gasteiger partial charge in [0, 0.05) is 18.6 Å². The largest absolute Gasteiger partial charge is 0.395 e. The van der Waals surface area contributed by atoms with Crippen LogP contribution in [-0.2, 0) is 6.54 Å². The highest BCUT2D eigenvalue weighted by atomic mass is 16.3. The Morgan fingerprint density at radius 1 is 1.28 bits per heavy atom. The zero-order chi connectivity index (χ0) is 12.8. The predicted molar refractivity (Wildman–Crippen MR) is 74.4 cm³/mol. The fourth-order valence-corrected chi connectivity index (χ4v) is 2.55. The van der Waals surface area contributed by atoms with Crippen LogP contribution in [0.15, 0.2) is 30.3 Å². The number of piperidine rings is 1. The molecule has 1 saturated heterocycles. The minimum Gasteiger partial charge on any atom is -0.395 e. The number of hydrogen-bond acceptors (Lipinski definition) is 3. The SMILES string of the molecule is CC(CO)NC1CCN(Cc2ccccc2)CC1. The Morgan fingerprint density at radius 2 is 1.94 bits per heavy atom. The van der Waals surface area contributed by atoms with Crippen LogP contribution in [0.4, 0.5) is 0 Å². The Labute approximate surface area is 110 Å². The molecule has 1 atom stereocenters.